The summed E-state index contributed by atoms with van der Waals surface area (Å²) in [6.45, 7) is 5.82. The van der Waals surface area contributed by atoms with Crippen LogP contribution in [0.4, 0.5) is 0 Å². The number of amides is 1. The van der Waals surface area contributed by atoms with E-state index in [1.54, 1.807) is 4.90 Å². The van der Waals surface area contributed by atoms with Crippen molar-refractivity contribution in [2.24, 2.45) is 5.73 Å². The van der Waals surface area contributed by atoms with Crippen molar-refractivity contribution in [2.45, 2.75) is 26.7 Å². The fourth-order valence-corrected chi connectivity index (χ4v) is 1.92. The first-order valence-electron chi connectivity index (χ1n) is 6.74. The summed E-state index contributed by atoms with van der Waals surface area (Å²) in [6.07, 6.45) is 1.26. The standard InChI is InChI=1S/C15H24N2O2/c1-4-19-14-6-5-13(11-12(14)2)8-10-17(3)15(18)7-9-16/h5-6,11H,4,7-10,16H2,1-3H3. The molecule has 4 nitrogen and oxygen atoms in total. The van der Waals surface area contributed by atoms with Gasteiger partial charge in [-0.3, -0.25) is 4.79 Å². The van der Waals surface area contributed by atoms with E-state index in [2.05, 4.69) is 12.1 Å². The quantitative estimate of drug-likeness (QED) is 0.816. The third kappa shape index (κ3) is 4.91. The second-order valence-electron chi connectivity index (χ2n) is 4.64. The molecule has 0 spiro atoms. The molecule has 0 atom stereocenters. The van der Waals surface area contributed by atoms with E-state index >= 15 is 0 Å². The average molecular weight is 264 g/mol. The van der Waals surface area contributed by atoms with Gasteiger partial charge in [-0.1, -0.05) is 12.1 Å². The minimum Gasteiger partial charge on any atom is -0.494 e. The summed E-state index contributed by atoms with van der Waals surface area (Å²) in [5.41, 5.74) is 7.73. The van der Waals surface area contributed by atoms with Crippen LogP contribution in [0.5, 0.6) is 5.75 Å². The van der Waals surface area contributed by atoms with Crippen molar-refractivity contribution in [1.29, 1.82) is 0 Å². The van der Waals surface area contributed by atoms with Crippen LogP contribution in [0.1, 0.15) is 24.5 Å². The van der Waals surface area contributed by atoms with Crippen molar-refractivity contribution in [2.75, 3.05) is 26.7 Å². The number of benzene rings is 1. The highest BCUT2D eigenvalue weighted by Crippen LogP contribution is 2.19. The van der Waals surface area contributed by atoms with Gasteiger partial charge in [-0.2, -0.15) is 0 Å². The Morgan fingerprint density at radius 2 is 2.16 bits per heavy atom. The van der Waals surface area contributed by atoms with Gasteiger partial charge in [-0.15, -0.1) is 0 Å². The highest BCUT2D eigenvalue weighted by molar-refractivity contribution is 5.76. The van der Waals surface area contributed by atoms with Gasteiger partial charge in [0.05, 0.1) is 6.61 Å². The molecule has 1 aromatic rings. The van der Waals surface area contributed by atoms with Gasteiger partial charge in [0.15, 0.2) is 0 Å². The molecule has 0 radical (unpaired) electrons. The number of hydrogen-bond acceptors (Lipinski definition) is 3. The van der Waals surface area contributed by atoms with E-state index in [0.717, 1.165) is 17.7 Å². The molecule has 0 aliphatic carbocycles. The third-order valence-corrected chi connectivity index (χ3v) is 3.06. The number of carbonyl (C=O) groups excluding carboxylic acids is 1. The van der Waals surface area contributed by atoms with E-state index in [1.165, 1.54) is 5.56 Å². The summed E-state index contributed by atoms with van der Waals surface area (Å²) in [7, 11) is 1.82. The number of nitrogens with two attached hydrogens (primary N) is 1. The smallest absolute Gasteiger partial charge is 0.223 e. The molecule has 0 aliphatic heterocycles. The van der Waals surface area contributed by atoms with Gasteiger partial charge in [0.25, 0.3) is 0 Å². The maximum Gasteiger partial charge on any atom is 0.223 e. The Morgan fingerprint density at radius 3 is 2.74 bits per heavy atom. The van der Waals surface area contributed by atoms with Crippen LogP contribution in [-0.4, -0.2) is 37.6 Å². The van der Waals surface area contributed by atoms with Crippen molar-refractivity contribution in [3.05, 3.63) is 29.3 Å². The molecule has 1 amide bonds. The lowest BCUT2D eigenvalue weighted by atomic mass is 10.1. The lowest BCUT2D eigenvalue weighted by molar-refractivity contribution is -0.129. The molecule has 0 heterocycles. The number of likely N-dealkylation sites (N-methyl/N-ethyl adjacent to an activating group) is 1. The summed E-state index contributed by atoms with van der Waals surface area (Å²) in [6, 6.07) is 6.17. The average Bonchev–Trinajstić information content (AvgIpc) is 2.39. The summed E-state index contributed by atoms with van der Waals surface area (Å²) in [5.74, 6) is 1.03. The lowest BCUT2D eigenvalue weighted by Gasteiger charge is -2.17. The number of rotatable bonds is 7. The molecule has 19 heavy (non-hydrogen) atoms. The number of nitrogens with zero attached hydrogens (tertiary/aromatic N) is 1. The Labute approximate surface area is 115 Å². The maximum absolute atomic E-state index is 11.6. The Kier molecular flexibility index (Phi) is 6.36. The van der Waals surface area contributed by atoms with Gasteiger partial charge in [-0.25, -0.2) is 0 Å². The van der Waals surface area contributed by atoms with Crippen LogP contribution in [0.15, 0.2) is 18.2 Å². The molecule has 0 bridgehead atoms. The number of ether oxygens (including phenoxy) is 1. The number of carbonyl (C=O) groups is 1. The van der Waals surface area contributed by atoms with Gasteiger partial charge >= 0.3 is 0 Å². The largest absolute Gasteiger partial charge is 0.494 e. The summed E-state index contributed by atoms with van der Waals surface area (Å²) < 4.78 is 5.51. The normalized spacial score (nSPS) is 10.3. The molecule has 0 fully saturated rings. The molecule has 0 aliphatic rings. The van der Waals surface area contributed by atoms with Crippen molar-refractivity contribution >= 4 is 5.91 Å². The van der Waals surface area contributed by atoms with E-state index in [0.29, 0.717) is 26.1 Å². The van der Waals surface area contributed by atoms with Crippen LogP contribution < -0.4 is 10.5 Å². The minimum atomic E-state index is 0.102. The van der Waals surface area contributed by atoms with Crippen molar-refractivity contribution < 1.29 is 9.53 Å². The van der Waals surface area contributed by atoms with E-state index in [1.807, 2.05) is 27.0 Å². The molecule has 0 aromatic heterocycles. The predicted octanol–water partition coefficient (Wildman–Crippen LogP) is 1.74. The first kappa shape index (κ1) is 15.5. The van der Waals surface area contributed by atoms with Gasteiger partial charge < -0.3 is 15.4 Å². The van der Waals surface area contributed by atoms with Crippen molar-refractivity contribution in [1.82, 2.24) is 4.90 Å². The number of aryl methyl sites for hydroxylation is 1. The highest BCUT2D eigenvalue weighted by atomic mass is 16.5. The van der Waals surface area contributed by atoms with Crippen LogP contribution >= 0.6 is 0 Å². The second kappa shape index (κ2) is 7.79. The zero-order chi connectivity index (χ0) is 14.3. The van der Waals surface area contributed by atoms with Crippen molar-refractivity contribution in [3.63, 3.8) is 0 Å². The Morgan fingerprint density at radius 1 is 1.42 bits per heavy atom. The molecule has 106 valence electrons. The zero-order valence-corrected chi connectivity index (χ0v) is 12.1. The molecule has 1 rings (SSSR count). The molecule has 2 N–H and O–H groups in total. The minimum absolute atomic E-state index is 0.102. The second-order valence-corrected chi connectivity index (χ2v) is 4.64. The van der Waals surface area contributed by atoms with Gasteiger partial charge in [0.2, 0.25) is 5.91 Å². The third-order valence-electron chi connectivity index (χ3n) is 3.06. The molecule has 0 unspecified atom stereocenters. The predicted molar refractivity (Wildman–Crippen MR) is 77.4 cm³/mol. The highest BCUT2D eigenvalue weighted by Gasteiger charge is 2.08. The topological polar surface area (TPSA) is 55.6 Å². The zero-order valence-electron chi connectivity index (χ0n) is 12.1. The van der Waals surface area contributed by atoms with Crippen LogP contribution in [0.25, 0.3) is 0 Å². The van der Waals surface area contributed by atoms with Crippen molar-refractivity contribution in [3.8, 4) is 5.75 Å². The van der Waals surface area contributed by atoms with Crippen LogP contribution in [0, 0.1) is 6.92 Å². The van der Waals surface area contributed by atoms with Crippen LogP contribution in [0.2, 0.25) is 0 Å². The van der Waals surface area contributed by atoms with E-state index in [4.69, 9.17) is 10.5 Å². The van der Waals surface area contributed by atoms with E-state index in [-0.39, 0.29) is 5.91 Å². The van der Waals surface area contributed by atoms with Crippen LogP contribution in [-0.2, 0) is 11.2 Å². The fourth-order valence-electron chi connectivity index (χ4n) is 1.92. The molecule has 0 saturated carbocycles. The first-order valence-corrected chi connectivity index (χ1v) is 6.74. The molecular weight excluding hydrogens is 240 g/mol. The first-order chi connectivity index (χ1) is 9.08. The number of hydrogen-bond donors (Lipinski definition) is 1. The van der Waals surface area contributed by atoms with Gasteiger partial charge in [0, 0.05) is 26.6 Å². The van der Waals surface area contributed by atoms with Crippen LogP contribution in [0.3, 0.4) is 0 Å². The maximum atomic E-state index is 11.6. The fraction of sp³-hybridized carbons (Fsp3) is 0.533. The SMILES string of the molecule is CCOc1ccc(CCN(C)C(=O)CCN)cc1C. The van der Waals surface area contributed by atoms with Gasteiger partial charge in [-0.05, 0) is 37.5 Å². The summed E-state index contributed by atoms with van der Waals surface area (Å²) in [4.78, 5) is 13.3. The molecule has 1 aromatic carbocycles. The monoisotopic (exact) mass is 264 g/mol. The molecule has 0 saturated heterocycles. The lowest BCUT2D eigenvalue weighted by Crippen LogP contribution is -2.30. The summed E-state index contributed by atoms with van der Waals surface area (Å²) in [5, 5.41) is 0. The van der Waals surface area contributed by atoms with E-state index < -0.39 is 0 Å². The summed E-state index contributed by atoms with van der Waals surface area (Å²) >= 11 is 0. The van der Waals surface area contributed by atoms with Gasteiger partial charge in [0.1, 0.15) is 5.75 Å². The Bertz CT molecular complexity index is 419. The Hall–Kier alpha value is -1.55. The Balaban J connectivity index is 2.54. The molecule has 4 heteroatoms. The van der Waals surface area contributed by atoms with E-state index in [9.17, 15) is 4.79 Å². The molecular formula is C15H24N2O2.